The van der Waals surface area contributed by atoms with Crippen LogP contribution in [0.2, 0.25) is 0 Å². The standard InChI is InChI=1S/C22H22N2O4/c1-13-10-24(11-14(2)28-13)12-19(25)23-18-9-5-8-17-20(18)22(27)16-7-4-3-6-15(16)21(17)26/h3-9,13-14H,10-12H2,1-2H3,(H,23,25)/t13-,14-/m0/s1. The lowest BCUT2D eigenvalue weighted by atomic mass is 9.83. The molecule has 0 unspecified atom stereocenters. The Morgan fingerprint density at radius 3 is 2.25 bits per heavy atom. The zero-order valence-electron chi connectivity index (χ0n) is 15.9. The lowest BCUT2D eigenvalue weighted by molar-refractivity contribution is -0.121. The van der Waals surface area contributed by atoms with Gasteiger partial charge in [-0.3, -0.25) is 19.3 Å². The predicted molar refractivity (Wildman–Crippen MR) is 105 cm³/mol. The summed E-state index contributed by atoms with van der Waals surface area (Å²) in [4.78, 5) is 40.5. The first-order chi connectivity index (χ1) is 13.4. The zero-order valence-corrected chi connectivity index (χ0v) is 15.9. The highest BCUT2D eigenvalue weighted by Crippen LogP contribution is 2.31. The smallest absolute Gasteiger partial charge is 0.238 e. The molecule has 28 heavy (non-hydrogen) atoms. The molecule has 6 heteroatoms. The van der Waals surface area contributed by atoms with Crippen molar-refractivity contribution in [2.75, 3.05) is 25.0 Å². The third kappa shape index (κ3) is 3.37. The summed E-state index contributed by atoms with van der Waals surface area (Å²) >= 11 is 0. The molecule has 2 atom stereocenters. The minimum Gasteiger partial charge on any atom is -0.373 e. The van der Waals surface area contributed by atoms with E-state index in [0.29, 0.717) is 35.5 Å². The van der Waals surface area contributed by atoms with E-state index in [-0.39, 0.29) is 41.8 Å². The number of ketones is 2. The third-order valence-electron chi connectivity index (χ3n) is 5.09. The van der Waals surface area contributed by atoms with Gasteiger partial charge in [-0.05, 0) is 19.9 Å². The van der Waals surface area contributed by atoms with Gasteiger partial charge in [0.25, 0.3) is 0 Å². The van der Waals surface area contributed by atoms with Crippen molar-refractivity contribution in [3.8, 4) is 0 Å². The number of hydrogen-bond donors (Lipinski definition) is 1. The number of fused-ring (bicyclic) bond motifs is 2. The van der Waals surface area contributed by atoms with E-state index in [1.54, 1.807) is 42.5 Å². The van der Waals surface area contributed by atoms with Crippen molar-refractivity contribution in [3.05, 3.63) is 64.7 Å². The number of amides is 1. The lowest BCUT2D eigenvalue weighted by Crippen LogP contribution is -2.48. The van der Waals surface area contributed by atoms with Crippen LogP contribution in [-0.2, 0) is 9.53 Å². The van der Waals surface area contributed by atoms with Crippen LogP contribution in [0, 0.1) is 0 Å². The normalized spacial score (nSPS) is 21.8. The van der Waals surface area contributed by atoms with E-state index < -0.39 is 0 Å². The number of hydrogen-bond acceptors (Lipinski definition) is 5. The summed E-state index contributed by atoms with van der Waals surface area (Å²) in [7, 11) is 0. The Morgan fingerprint density at radius 2 is 1.57 bits per heavy atom. The fourth-order valence-corrected chi connectivity index (χ4v) is 4.06. The van der Waals surface area contributed by atoms with Gasteiger partial charge in [0.2, 0.25) is 5.91 Å². The maximum absolute atomic E-state index is 13.0. The first-order valence-corrected chi connectivity index (χ1v) is 9.43. The van der Waals surface area contributed by atoms with Crippen molar-refractivity contribution in [1.82, 2.24) is 4.90 Å². The van der Waals surface area contributed by atoms with Gasteiger partial charge in [-0.1, -0.05) is 36.4 Å². The number of nitrogens with one attached hydrogen (secondary N) is 1. The Balaban J connectivity index is 1.58. The third-order valence-corrected chi connectivity index (χ3v) is 5.09. The topological polar surface area (TPSA) is 75.7 Å². The Bertz CT molecular complexity index is 959. The molecule has 1 aliphatic carbocycles. The highest BCUT2D eigenvalue weighted by atomic mass is 16.5. The summed E-state index contributed by atoms with van der Waals surface area (Å²) in [6.45, 7) is 5.52. The van der Waals surface area contributed by atoms with E-state index >= 15 is 0 Å². The second-order valence-corrected chi connectivity index (χ2v) is 7.43. The van der Waals surface area contributed by atoms with Crippen LogP contribution in [0.15, 0.2) is 42.5 Å². The quantitative estimate of drug-likeness (QED) is 0.758. The molecule has 144 valence electrons. The van der Waals surface area contributed by atoms with Gasteiger partial charge in [0.1, 0.15) is 0 Å². The molecule has 0 aromatic heterocycles. The van der Waals surface area contributed by atoms with Crippen molar-refractivity contribution < 1.29 is 19.1 Å². The van der Waals surface area contributed by atoms with Crippen molar-refractivity contribution in [1.29, 1.82) is 0 Å². The van der Waals surface area contributed by atoms with E-state index in [4.69, 9.17) is 4.74 Å². The highest BCUT2D eigenvalue weighted by Gasteiger charge is 2.32. The van der Waals surface area contributed by atoms with E-state index in [2.05, 4.69) is 5.32 Å². The van der Waals surface area contributed by atoms with E-state index in [1.807, 2.05) is 18.7 Å². The first-order valence-electron chi connectivity index (χ1n) is 9.43. The summed E-state index contributed by atoms with van der Waals surface area (Å²) in [5, 5.41) is 2.83. The molecule has 0 radical (unpaired) electrons. The highest BCUT2D eigenvalue weighted by molar-refractivity contribution is 6.30. The number of nitrogens with zero attached hydrogens (tertiary/aromatic N) is 1. The molecule has 0 saturated carbocycles. The van der Waals surface area contributed by atoms with Crippen LogP contribution < -0.4 is 5.32 Å². The second-order valence-electron chi connectivity index (χ2n) is 7.43. The summed E-state index contributed by atoms with van der Waals surface area (Å²) in [5.41, 5.74) is 1.75. The first kappa shape index (κ1) is 18.5. The van der Waals surface area contributed by atoms with Crippen LogP contribution >= 0.6 is 0 Å². The fraction of sp³-hybridized carbons (Fsp3) is 0.318. The van der Waals surface area contributed by atoms with Crippen LogP contribution in [-0.4, -0.2) is 54.2 Å². The lowest BCUT2D eigenvalue weighted by Gasteiger charge is -2.34. The molecule has 1 N–H and O–H groups in total. The van der Waals surface area contributed by atoms with Crippen LogP contribution in [0.3, 0.4) is 0 Å². The van der Waals surface area contributed by atoms with Gasteiger partial charge in [-0.2, -0.15) is 0 Å². The van der Waals surface area contributed by atoms with Gasteiger partial charge < -0.3 is 10.1 Å². The molecule has 0 bridgehead atoms. The maximum atomic E-state index is 13.0. The molecule has 1 amide bonds. The molecule has 0 spiro atoms. The van der Waals surface area contributed by atoms with Gasteiger partial charge in [0.05, 0.1) is 30.0 Å². The van der Waals surface area contributed by atoms with Gasteiger partial charge in [-0.25, -0.2) is 0 Å². The van der Waals surface area contributed by atoms with Crippen molar-refractivity contribution in [2.24, 2.45) is 0 Å². The van der Waals surface area contributed by atoms with E-state index in [9.17, 15) is 14.4 Å². The van der Waals surface area contributed by atoms with Crippen molar-refractivity contribution >= 4 is 23.2 Å². The summed E-state index contributed by atoms with van der Waals surface area (Å²) in [6, 6.07) is 11.8. The van der Waals surface area contributed by atoms with Crippen LogP contribution in [0.25, 0.3) is 0 Å². The zero-order chi connectivity index (χ0) is 19.8. The average Bonchev–Trinajstić information content (AvgIpc) is 2.65. The van der Waals surface area contributed by atoms with Crippen LogP contribution in [0.1, 0.15) is 45.7 Å². The van der Waals surface area contributed by atoms with Crippen molar-refractivity contribution in [2.45, 2.75) is 26.1 Å². The summed E-state index contributed by atoms with van der Waals surface area (Å²) in [5.74, 6) is -0.652. The Hall–Kier alpha value is -2.83. The average molecular weight is 378 g/mol. The molecule has 2 aromatic carbocycles. The molecule has 1 fully saturated rings. The van der Waals surface area contributed by atoms with Gasteiger partial charge >= 0.3 is 0 Å². The number of carbonyl (C=O) groups is 3. The maximum Gasteiger partial charge on any atom is 0.238 e. The Kier molecular flexibility index (Phi) is 4.83. The molecule has 2 aliphatic rings. The molecule has 1 aliphatic heterocycles. The van der Waals surface area contributed by atoms with Gasteiger partial charge in [0, 0.05) is 29.8 Å². The largest absolute Gasteiger partial charge is 0.373 e. The number of morpholine rings is 1. The number of anilines is 1. The molecule has 2 aromatic rings. The Morgan fingerprint density at radius 1 is 0.964 bits per heavy atom. The SMILES string of the molecule is C[C@H]1CN(CC(=O)Nc2cccc3c2C(=O)c2ccccc2C3=O)C[C@H](C)O1. The monoisotopic (exact) mass is 378 g/mol. The number of rotatable bonds is 3. The molecule has 1 saturated heterocycles. The molecule has 1 heterocycles. The second kappa shape index (κ2) is 7.30. The van der Waals surface area contributed by atoms with Crippen molar-refractivity contribution in [3.63, 3.8) is 0 Å². The fourth-order valence-electron chi connectivity index (χ4n) is 4.06. The predicted octanol–water partition coefficient (Wildman–Crippen LogP) is 2.51. The van der Waals surface area contributed by atoms with E-state index in [0.717, 1.165) is 0 Å². The number of carbonyl (C=O) groups excluding carboxylic acids is 3. The number of benzene rings is 2. The van der Waals surface area contributed by atoms with E-state index in [1.165, 1.54) is 0 Å². The van der Waals surface area contributed by atoms with Gasteiger partial charge in [-0.15, -0.1) is 0 Å². The summed E-state index contributed by atoms with van der Waals surface area (Å²) < 4.78 is 5.69. The van der Waals surface area contributed by atoms with Gasteiger partial charge in [0.15, 0.2) is 11.6 Å². The molecular weight excluding hydrogens is 356 g/mol. The Labute approximate surface area is 163 Å². The summed E-state index contributed by atoms with van der Waals surface area (Å²) in [6.07, 6.45) is 0.133. The molecule has 6 nitrogen and oxygen atoms in total. The minimum absolute atomic E-state index is 0.0664. The molecular formula is C22H22N2O4. The number of ether oxygens (including phenoxy) is 1. The minimum atomic E-state index is -0.241. The van der Waals surface area contributed by atoms with Crippen LogP contribution in [0.4, 0.5) is 5.69 Å². The van der Waals surface area contributed by atoms with Crippen LogP contribution in [0.5, 0.6) is 0 Å². The molecule has 4 rings (SSSR count).